The lowest BCUT2D eigenvalue weighted by Crippen LogP contribution is -2.55. The normalized spacial score (nSPS) is 22.8. The fourth-order valence-electron chi connectivity index (χ4n) is 2.93. The molecule has 1 rings (SSSR count). The molecule has 7 heteroatoms. The Balaban J connectivity index is 3.24. The maximum absolute atomic E-state index is 12.9. The Kier molecular flexibility index (Phi) is 7.18. The maximum Gasteiger partial charge on any atom is 0.509 e. The Morgan fingerprint density at radius 2 is 1.75 bits per heavy atom. The third-order valence-corrected chi connectivity index (χ3v) is 3.80. The van der Waals surface area contributed by atoms with Crippen LogP contribution >= 0.6 is 0 Å². The van der Waals surface area contributed by atoms with Crippen molar-refractivity contribution >= 4 is 12.2 Å². The monoisotopic (exact) mass is 395 g/mol. The lowest BCUT2D eigenvalue weighted by molar-refractivity contribution is -0.0781. The Morgan fingerprint density at radius 3 is 2.18 bits per heavy atom. The molecule has 0 N–H and O–H groups in total. The van der Waals surface area contributed by atoms with E-state index in [4.69, 9.17) is 25.4 Å². The highest BCUT2D eigenvalue weighted by Crippen LogP contribution is 2.37. The lowest BCUT2D eigenvalue weighted by Gasteiger charge is -2.37. The van der Waals surface area contributed by atoms with E-state index in [1.165, 1.54) is 4.90 Å². The standard InChI is InChI=1S/C21H33NO6/c1-11-13-15(25-18(24)28-20(6,7)8)16-14(12-2)26-21(9,10)22(16)17(23)27-19(3,4)5/h1,12,14-16H,2,13H2,3-10H3/t14-,15-,16+/m1/s1. The van der Waals surface area contributed by atoms with Gasteiger partial charge < -0.3 is 18.9 Å². The van der Waals surface area contributed by atoms with Gasteiger partial charge in [-0.2, -0.15) is 0 Å². The number of ether oxygens (including phenoxy) is 4. The third-order valence-electron chi connectivity index (χ3n) is 3.80. The molecular weight excluding hydrogens is 362 g/mol. The van der Waals surface area contributed by atoms with Crippen molar-refractivity contribution in [1.29, 1.82) is 0 Å². The van der Waals surface area contributed by atoms with E-state index in [-0.39, 0.29) is 6.42 Å². The molecular formula is C21H33NO6. The van der Waals surface area contributed by atoms with Crippen molar-refractivity contribution in [2.75, 3.05) is 0 Å². The van der Waals surface area contributed by atoms with Crippen molar-refractivity contribution in [2.24, 2.45) is 0 Å². The maximum atomic E-state index is 12.9. The van der Waals surface area contributed by atoms with E-state index in [2.05, 4.69) is 12.5 Å². The van der Waals surface area contributed by atoms with Crippen molar-refractivity contribution in [3.05, 3.63) is 12.7 Å². The van der Waals surface area contributed by atoms with Crippen LogP contribution in [0.3, 0.4) is 0 Å². The first-order valence-electron chi connectivity index (χ1n) is 9.27. The summed E-state index contributed by atoms with van der Waals surface area (Å²) in [7, 11) is 0. The van der Waals surface area contributed by atoms with Crippen LogP contribution in [0.5, 0.6) is 0 Å². The second-order valence-corrected chi connectivity index (χ2v) is 9.13. The van der Waals surface area contributed by atoms with Gasteiger partial charge in [0.25, 0.3) is 0 Å². The number of rotatable bonds is 4. The van der Waals surface area contributed by atoms with Crippen LogP contribution in [0.1, 0.15) is 61.8 Å². The molecule has 0 aliphatic carbocycles. The number of terminal acetylenes is 1. The molecule has 1 aliphatic rings. The van der Waals surface area contributed by atoms with Gasteiger partial charge in [0.05, 0.1) is 0 Å². The SMILES string of the molecule is C#CC[C@@H](OC(=O)OC(C)(C)C)[C@@H]1[C@@H](C=C)OC(C)(C)N1C(=O)OC(C)(C)C. The van der Waals surface area contributed by atoms with Gasteiger partial charge in [0.15, 0.2) is 0 Å². The Morgan fingerprint density at radius 1 is 1.21 bits per heavy atom. The summed E-state index contributed by atoms with van der Waals surface area (Å²) in [5.41, 5.74) is -2.46. The van der Waals surface area contributed by atoms with Crippen LogP contribution in [-0.4, -0.2) is 52.3 Å². The van der Waals surface area contributed by atoms with E-state index in [9.17, 15) is 9.59 Å². The molecule has 1 amide bonds. The summed E-state index contributed by atoms with van der Waals surface area (Å²) in [5.74, 6) is 2.49. The lowest BCUT2D eigenvalue weighted by atomic mass is 10.0. The molecule has 1 aliphatic heterocycles. The highest BCUT2D eigenvalue weighted by molar-refractivity contribution is 5.70. The Hall–Kier alpha value is -2.20. The molecule has 0 unspecified atom stereocenters. The van der Waals surface area contributed by atoms with Gasteiger partial charge in [-0.3, -0.25) is 4.90 Å². The molecule has 0 saturated carbocycles. The average Bonchev–Trinajstić information content (AvgIpc) is 2.73. The van der Waals surface area contributed by atoms with E-state index in [0.29, 0.717) is 0 Å². The van der Waals surface area contributed by atoms with Crippen molar-refractivity contribution < 1.29 is 28.5 Å². The van der Waals surface area contributed by atoms with Gasteiger partial charge in [0.1, 0.15) is 35.2 Å². The van der Waals surface area contributed by atoms with Gasteiger partial charge in [0, 0.05) is 6.42 Å². The first-order chi connectivity index (χ1) is 12.6. The predicted molar refractivity (Wildman–Crippen MR) is 106 cm³/mol. The number of nitrogens with zero attached hydrogens (tertiary/aromatic N) is 1. The molecule has 1 fully saturated rings. The van der Waals surface area contributed by atoms with Gasteiger partial charge in [0.2, 0.25) is 0 Å². The summed E-state index contributed by atoms with van der Waals surface area (Å²) in [6.45, 7) is 17.7. The second-order valence-electron chi connectivity index (χ2n) is 9.13. The summed E-state index contributed by atoms with van der Waals surface area (Å²) in [4.78, 5) is 26.6. The highest BCUT2D eigenvalue weighted by atomic mass is 16.7. The van der Waals surface area contributed by atoms with Gasteiger partial charge >= 0.3 is 12.2 Å². The summed E-state index contributed by atoms with van der Waals surface area (Å²) in [6, 6.07) is -0.717. The molecule has 7 nitrogen and oxygen atoms in total. The zero-order valence-electron chi connectivity index (χ0n) is 18.2. The van der Waals surface area contributed by atoms with Crippen molar-refractivity contribution in [3.63, 3.8) is 0 Å². The molecule has 0 aromatic rings. The molecule has 1 saturated heterocycles. The van der Waals surface area contributed by atoms with E-state index in [0.717, 1.165) is 0 Å². The molecule has 28 heavy (non-hydrogen) atoms. The van der Waals surface area contributed by atoms with Crippen molar-refractivity contribution in [2.45, 2.75) is 97.0 Å². The molecule has 158 valence electrons. The number of carbonyl (C=O) groups excluding carboxylic acids is 2. The fraction of sp³-hybridized carbons (Fsp3) is 0.714. The van der Waals surface area contributed by atoms with E-state index in [1.54, 1.807) is 61.5 Å². The van der Waals surface area contributed by atoms with Gasteiger partial charge in [-0.25, -0.2) is 9.59 Å². The van der Waals surface area contributed by atoms with Crippen molar-refractivity contribution in [3.8, 4) is 12.3 Å². The quantitative estimate of drug-likeness (QED) is 0.402. The smallest absolute Gasteiger partial charge is 0.444 e. The average molecular weight is 395 g/mol. The van der Waals surface area contributed by atoms with Crippen LogP contribution in [0.15, 0.2) is 12.7 Å². The minimum atomic E-state index is -1.02. The summed E-state index contributed by atoms with van der Waals surface area (Å²) >= 11 is 0. The van der Waals surface area contributed by atoms with E-state index >= 15 is 0 Å². The summed E-state index contributed by atoms with van der Waals surface area (Å²) in [5, 5.41) is 0. The number of carbonyl (C=O) groups is 2. The Bertz CT molecular complexity index is 635. The molecule has 1 heterocycles. The minimum absolute atomic E-state index is 0.0625. The van der Waals surface area contributed by atoms with Gasteiger partial charge in [-0.1, -0.05) is 6.08 Å². The minimum Gasteiger partial charge on any atom is -0.444 e. The van der Waals surface area contributed by atoms with E-state index in [1.807, 2.05) is 0 Å². The van der Waals surface area contributed by atoms with Crippen LogP contribution in [0.25, 0.3) is 0 Å². The topological polar surface area (TPSA) is 74.3 Å². The number of hydrogen-bond acceptors (Lipinski definition) is 6. The molecule has 0 aromatic carbocycles. The molecule has 0 bridgehead atoms. The molecule has 0 radical (unpaired) electrons. The third kappa shape index (κ3) is 6.45. The van der Waals surface area contributed by atoms with E-state index < -0.39 is 47.4 Å². The van der Waals surface area contributed by atoms with Gasteiger partial charge in [-0.05, 0) is 55.4 Å². The zero-order valence-corrected chi connectivity index (χ0v) is 18.2. The number of hydrogen-bond donors (Lipinski definition) is 0. The zero-order chi connectivity index (χ0) is 21.9. The fourth-order valence-corrected chi connectivity index (χ4v) is 2.93. The molecule has 0 aromatic heterocycles. The summed E-state index contributed by atoms with van der Waals surface area (Å²) in [6.07, 6.45) is 4.17. The van der Waals surface area contributed by atoms with Crippen molar-refractivity contribution in [1.82, 2.24) is 4.90 Å². The van der Waals surface area contributed by atoms with Crippen LogP contribution in [0.2, 0.25) is 0 Å². The van der Waals surface area contributed by atoms with Crippen LogP contribution in [-0.2, 0) is 18.9 Å². The highest BCUT2D eigenvalue weighted by Gasteiger charge is 2.54. The molecule has 3 atom stereocenters. The predicted octanol–water partition coefficient (Wildman–Crippen LogP) is 4.26. The molecule has 0 spiro atoms. The first kappa shape index (κ1) is 23.8. The van der Waals surface area contributed by atoms with Crippen LogP contribution < -0.4 is 0 Å². The Labute approximate surface area is 168 Å². The first-order valence-corrected chi connectivity index (χ1v) is 9.27. The largest absolute Gasteiger partial charge is 0.509 e. The number of amides is 1. The van der Waals surface area contributed by atoms with Gasteiger partial charge in [-0.15, -0.1) is 18.9 Å². The second kappa shape index (κ2) is 8.44. The summed E-state index contributed by atoms with van der Waals surface area (Å²) < 4.78 is 22.3. The van der Waals surface area contributed by atoms with Crippen LogP contribution in [0, 0.1) is 12.3 Å². The van der Waals surface area contributed by atoms with Crippen LogP contribution in [0.4, 0.5) is 9.59 Å².